The zero-order chi connectivity index (χ0) is 22.5. The number of amides is 1. The van der Waals surface area contributed by atoms with Crippen LogP contribution in [-0.2, 0) is 6.42 Å². The highest BCUT2D eigenvalue weighted by molar-refractivity contribution is 5.97. The first-order valence-electron chi connectivity index (χ1n) is 10.6. The third-order valence-electron chi connectivity index (χ3n) is 5.31. The molecule has 0 aliphatic heterocycles. The number of fused-ring (bicyclic) bond motifs is 1. The molecule has 0 unspecified atom stereocenters. The Kier molecular flexibility index (Phi) is 6.31. The molecule has 1 heterocycles. The fourth-order valence-electron chi connectivity index (χ4n) is 3.42. The van der Waals surface area contributed by atoms with Crippen LogP contribution in [0.5, 0.6) is 5.75 Å². The van der Waals surface area contributed by atoms with Crippen LogP contribution in [-0.4, -0.2) is 29.2 Å². The van der Waals surface area contributed by atoms with Gasteiger partial charge in [-0.05, 0) is 52.9 Å². The van der Waals surface area contributed by atoms with Gasteiger partial charge in [-0.3, -0.25) is 4.79 Å². The molecule has 1 aromatic heterocycles. The molecular weight excluding hydrogens is 400 g/mol. The number of ether oxygens (including phenoxy) is 1. The van der Waals surface area contributed by atoms with Gasteiger partial charge in [-0.2, -0.15) is 5.10 Å². The normalized spacial score (nSPS) is 11.4. The fourth-order valence-corrected chi connectivity index (χ4v) is 3.42. The highest BCUT2D eigenvalue weighted by atomic mass is 16.5. The van der Waals surface area contributed by atoms with E-state index >= 15 is 0 Å². The van der Waals surface area contributed by atoms with Crippen molar-refractivity contribution in [2.24, 2.45) is 5.10 Å². The number of nitrogens with one attached hydrogen (secondary N) is 2. The molecule has 32 heavy (non-hydrogen) atoms. The van der Waals surface area contributed by atoms with Gasteiger partial charge in [-0.1, -0.05) is 50.2 Å². The molecule has 6 heteroatoms. The molecule has 0 atom stereocenters. The summed E-state index contributed by atoms with van der Waals surface area (Å²) in [5.41, 5.74) is 8.07. The van der Waals surface area contributed by atoms with Gasteiger partial charge in [0.05, 0.1) is 24.4 Å². The first-order valence-corrected chi connectivity index (χ1v) is 10.6. The Balaban J connectivity index is 1.41. The summed E-state index contributed by atoms with van der Waals surface area (Å²) in [5, 5.41) is 4.09. The van der Waals surface area contributed by atoms with Crippen LogP contribution in [0.15, 0.2) is 71.8 Å². The van der Waals surface area contributed by atoms with Crippen LogP contribution in [0.3, 0.4) is 0 Å². The van der Waals surface area contributed by atoms with Crippen molar-refractivity contribution in [1.29, 1.82) is 0 Å². The highest BCUT2D eigenvalue weighted by Gasteiger charge is 2.09. The average molecular weight is 427 g/mol. The molecule has 0 bridgehead atoms. The van der Waals surface area contributed by atoms with E-state index in [0.717, 1.165) is 33.7 Å². The van der Waals surface area contributed by atoms with Crippen molar-refractivity contribution in [2.45, 2.75) is 26.2 Å². The molecule has 0 saturated heterocycles. The Labute approximate surface area is 187 Å². The highest BCUT2D eigenvalue weighted by Crippen LogP contribution is 2.18. The lowest BCUT2D eigenvalue weighted by molar-refractivity contribution is 0.0955. The molecule has 1 amide bonds. The Morgan fingerprint density at radius 2 is 1.84 bits per heavy atom. The Morgan fingerprint density at radius 1 is 1.09 bits per heavy atom. The zero-order valence-corrected chi connectivity index (χ0v) is 18.4. The van der Waals surface area contributed by atoms with E-state index in [0.29, 0.717) is 17.9 Å². The van der Waals surface area contributed by atoms with Crippen LogP contribution < -0.4 is 10.2 Å². The number of carbonyl (C=O) groups excluding carboxylic acids is 1. The van der Waals surface area contributed by atoms with E-state index in [1.807, 2.05) is 42.5 Å². The maximum absolute atomic E-state index is 12.5. The van der Waals surface area contributed by atoms with Crippen molar-refractivity contribution >= 4 is 23.2 Å². The third kappa shape index (κ3) is 5.03. The number of hydrogen-bond acceptors (Lipinski definition) is 4. The molecule has 0 aliphatic carbocycles. The van der Waals surface area contributed by atoms with Crippen molar-refractivity contribution in [1.82, 2.24) is 15.4 Å². The summed E-state index contributed by atoms with van der Waals surface area (Å²) in [6.07, 6.45) is 2.31. The van der Waals surface area contributed by atoms with Crippen LogP contribution in [0.25, 0.3) is 11.0 Å². The predicted octanol–water partition coefficient (Wildman–Crippen LogP) is 5.05. The molecular formula is C26H26N4O2. The number of nitrogens with zero attached hydrogens (tertiary/aromatic N) is 2. The summed E-state index contributed by atoms with van der Waals surface area (Å²) in [4.78, 5) is 20.4. The van der Waals surface area contributed by atoms with Crippen molar-refractivity contribution in [3.8, 4) is 5.75 Å². The Hall–Kier alpha value is -3.93. The predicted molar refractivity (Wildman–Crippen MR) is 127 cm³/mol. The summed E-state index contributed by atoms with van der Waals surface area (Å²) in [6.45, 7) is 4.31. The minimum Gasteiger partial charge on any atom is -0.497 e. The van der Waals surface area contributed by atoms with Crippen molar-refractivity contribution in [3.05, 3.63) is 94.8 Å². The summed E-state index contributed by atoms with van der Waals surface area (Å²) in [5.74, 6) is 1.87. The number of hydrazone groups is 1. The maximum atomic E-state index is 12.5. The van der Waals surface area contributed by atoms with E-state index in [-0.39, 0.29) is 5.91 Å². The van der Waals surface area contributed by atoms with E-state index in [1.54, 1.807) is 25.5 Å². The Morgan fingerprint density at radius 3 is 2.53 bits per heavy atom. The number of H-pyrrole nitrogens is 1. The van der Waals surface area contributed by atoms with Gasteiger partial charge >= 0.3 is 0 Å². The molecule has 3 aromatic carbocycles. The zero-order valence-electron chi connectivity index (χ0n) is 18.4. The average Bonchev–Trinajstić information content (AvgIpc) is 3.21. The molecule has 2 N–H and O–H groups in total. The van der Waals surface area contributed by atoms with Crippen LogP contribution in [0.4, 0.5) is 0 Å². The van der Waals surface area contributed by atoms with E-state index in [1.165, 1.54) is 5.56 Å². The van der Waals surface area contributed by atoms with Crippen molar-refractivity contribution < 1.29 is 9.53 Å². The minimum absolute atomic E-state index is 0.270. The standard InChI is InChI=1S/C26H26N4O2/c1-17(2)20-8-4-19(5-9-20)16-27-30-26(31)21-10-13-23-24(15-21)29-25(28-23)14-18-6-11-22(32-3)12-7-18/h4-13,15-17H,14H2,1-3H3,(H,28,29)(H,30,31)/b27-16-. The molecule has 4 aromatic rings. The number of methoxy groups -OCH3 is 1. The summed E-state index contributed by atoms with van der Waals surface area (Å²) in [6, 6.07) is 21.4. The molecule has 0 spiro atoms. The third-order valence-corrected chi connectivity index (χ3v) is 5.31. The topological polar surface area (TPSA) is 79.4 Å². The lowest BCUT2D eigenvalue weighted by atomic mass is 10.0. The number of aromatic nitrogens is 2. The second-order valence-electron chi connectivity index (χ2n) is 7.96. The van der Waals surface area contributed by atoms with Gasteiger partial charge in [0.2, 0.25) is 0 Å². The maximum Gasteiger partial charge on any atom is 0.271 e. The van der Waals surface area contributed by atoms with E-state index in [9.17, 15) is 4.79 Å². The minimum atomic E-state index is -0.270. The fraction of sp³-hybridized carbons (Fsp3) is 0.192. The first-order chi connectivity index (χ1) is 15.5. The molecule has 0 fully saturated rings. The van der Waals surface area contributed by atoms with Gasteiger partial charge in [0.1, 0.15) is 11.6 Å². The molecule has 0 saturated carbocycles. The van der Waals surface area contributed by atoms with Crippen molar-refractivity contribution in [2.75, 3.05) is 7.11 Å². The van der Waals surface area contributed by atoms with E-state index in [2.05, 4.69) is 46.5 Å². The summed E-state index contributed by atoms with van der Waals surface area (Å²) >= 11 is 0. The van der Waals surface area contributed by atoms with Gasteiger partial charge in [0, 0.05) is 12.0 Å². The van der Waals surface area contributed by atoms with Gasteiger partial charge in [0.15, 0.2) is 0 Å². The van der Waals surface area contributed by atoms with E-state index in [4.69, 9.17) is 4.74 Å². The van der Waals surface area contributed by atoms with Crippen molar-refractivity contribution in [3.63, 3.8) is 0 Å². The number of hydrogen-bond donors (Lipinski definition) is 2. The van der Waals surface area contributed by atoms with Crippen LogP contribution in [0, 0.1) is 0 Å². The molecule has 6 nitrogen and oxygen atoms in total. The van der Waals surface area contributed by atoms with Gasteiger partial charge in [0.25, 0.3) is 5.91 Å². The largest absolute Gasteiger partial charge is 0.497 e. The van der Waals surface area contributed by atoms with Crippen LogP contribution >= 0.6 is 0 Å². The molecule has 0 radical (unpaired) electrons. The van der Waals surface area contributed by atoms with Gasteiger partial charge in [-0.15, -0.1) is 0 Å². The van der Waals surface area contributed by atoms with Gasteiger partial charge in [-0.25, -0.2) is 10.4 Å². The van der Waals surface area contributed by atoms with Gasteiger partial charge < -0.3 is 9.72 Å². The number of rotatable bonds is 7. The van der Waals surface area contributed by atoms with Crippen LogP contribution in [0.2, 0.25) is 0 Å². The summed E-state index contributed by atoms with van der Waals surface area (Å²) in [7, 11) is 1.65. The lowest BCUT2D eigenvalue weighted by Gasteiger charge is -2.04. The second-order valence-corrected chi connectivity index (χ2v) is 7.96. The number of benzene rings is 3. The second kappa shape index (κ2) is 9.47. The smallest absolute Gasteiger partial charge is 0.271 e. The molecule has 162 valence electrons. The van der Waals surface area contributed by atoms with Crippen LogP contribution in [0.1, 0.15) is 52.6 Å². The quantitative estimate of drug-likeness (QED) is 0.321. The first kappa shape index (κ1) is 21.3. The monoisotopic (exact) mass is 426 g/mol. The molecule has 0 aliphatic rings. The lowest BCUT2D eigenvalue weighted by Crippen LogP contribution is -2.17. The SMILES string of the molecule is COc1ccc(Cc2nc3ccc(C(=O)N/N=C\c4ccc(C(C)C)cc4)cc3[nH]2)cc1. The van der Waals surface area contributed by atoms with E-state index < -0.39 is 0 Å². The molecule has 4 rings (SSSR count). The summed E-state index contributed by atoms with van der Waals surface area (Å²) < 4.78 is 5.20. The number of carbonyl (C=O) groups is 1. The Bertz CT molecular complexity index is 1240. The number of imidazole rings is 1. The number of aromatic amines is 1.